The summed E-state index contributed by atoms with van der Waals surface area (Å²) in [5.74, 6) is -1.90. The number of hydrogen-bond donors (Lipinski definition) is 0. The van der Waals surface area contributed by atoms with Crippen LogP contribution in [0.15, 0.2) is 95.7 Å². The number of allylic oxidation sites excluding steroid dienone is 3. The molecule has 1 saturated heterocycles. The highest BCUT2D eigenvalue weighted by Gasteiger charge is 2.36. The maximum absolute atomic E-state index is 13.8. The molecule has 1 aromatic heterocycles. The molecule has 0 radical (unpaired) electrons. The number of para-hydroxylation sites is 1. The molecule has 0 unspecified atom stereocenters. The molecule has 0 bridgehead atoms. The highest BCUT2D eigenvalue weighted by Crippen LogP contribution is 2.34. The predicted molar refractivity (Wildman–Crippen MR) is 178 cm³/mol. The average Bonchev–Trinajstić information content (AvgIpc) is 3.76. The summed E-state index contributed by atoms with van der Waals surface area (Å²) in [7, 11) is 1.20. The minimum Gasteiger partial charge on any atom is -0.469 e. The topological polar surface area (TPSA) is 116 Å². The van der Waals surface area contributed by atoms with Crippen LogP contribution in [0.4, 0.5) is 0 Å². The van der Waals surface area contributed by atoms with Gasteiger partial charge >= 0.3 is 11.9 Å². The van der Waals surface area contributed by atoms with Gasteiger partial charge in [-0.2, -0.15) is 0 Å². The molecule has 0 amide bonds. The summed E-state index contributed by atoms with van der Waals surface area (Å²) in [6.07, 6.45) is 5.08. The Balaban J connectivity index is 1.31. The number of morpholine rings is 1. The molecule has 0 atom stereocenters. The van der Waals surface area contributed by atoms with Crippen LogP contribution in [0.5, 0.6) is 0 Å². The lowest BCUT2D eigenvalue weighted by Gasteiger charge is -2.39. The Hall–Kier alpha value is -5.19. The van der Waals surface area contributed by atoms with Crippen LogP contribution in [0.25, 0.3) is 27.5 Å². The number of hydrogen-bond acceptors (Lipinski definition) is 9. The Kier molecular flexibility index (Phi) is 8.97. The molecule has 240 valence electrons. The molecule has 1 fully saturated rings. The van der Waals surface area contributed by atoms with Crippen LogP contribution in [0.3, 0.4) is 0 Å². The molecule has 4 aromatic rings. The summed E-state index contributed by atoms with van der Waals surface area (Å²) in [4.78, 5) is 58.9. The largest absolute Gasteiger partial charge is 0.469 e. The third kappa shape index (κ3) is 6.30. The molecular formula is C37H35N3O7. The number of Topliss-reactive ketones (excluding diaryl/α,β-unsaturated/α-hetero) is 2. The molecule has 6 rings (SSSR count). The van der Waals surface area contributed by atoms with E-state index >= 15 is 0 Å². The first kappa shape index (κ1) is 31.8. The van der Waals surface area contributed by atoms with Crippen molar-refractivity contribution in [1.29, 1.82) is 0 Å². The van der Waals surface area contributed by atoms with Gasteiger partial charge in [0, 0.05) is 46.2 Å². The monoisotopic (exact) mass is 633 g/mol. The highest BCUT2D eigenvalue weighted by molar-refractivity contribution is 6.48. The van der Waals surface area contributed by atoms with E-state index < -0.39 is 29.7 Å². The fourth-order valence-electron chi connectivity index (χ4n) is 6.06. The van der Waals surface area contributed by atoms with Gasteiger partial charge in [0.05, 0.1) is 43.3 Å². The zero-order valence-electron chi connectivity index (χ0n) is 26.5. The van der Waals surface area contributed by atoms with Crippen molar-refractivity contribution in [1.82, 2.24) is 9.47 Å². The predicted octanol–water partition coefficient (Wildman–Crippen LogP) is 5.61. The number of nitrogens with zero attached hydrogens (tertiary/aromatic N) is 3. The number of methoxy groups -OCH3 is 1. The second-order valence-corrected chi connectivity index (χ2v) is 11.9. The molecule has 10 nitrogen and oxygen atoms in total. The molecule has 0 spiro atoms. The van der Waals surface area contributed by atoms with Gasteiger partial charge in [0.1, 0.15) is 5.71 Å². The minimum atomic E-state index is -0.693. The van der Waals surface area contributed by atoms with Crippen LogP contribution in [0.2, 0.25) is 0 Å². The van der Waals surface area contributed by atoms with Crippen molar-refractivity contribution in [3.63, 3.8) is 0 Å². The van der Waals surface area contributed by atoms with Gasteiger partial charge in [0.15, 0.2) is 5.78 Å². The summed E-state index contributed by atoms with van der Waals surface area (Å²) < 4.78 is 12.3. The van der Waals surface area contributed by atoms with E-state index in [1.807, 2.05) is 56.3 Å². The number of carbonyl (C=O) groups excluding carboxylic acids is 4. The maximum Gasteiger partial charge on any atom is 0.362 e. The lowest BCUT2D eigenvalue weighted by atomic mass is 9.90. The number of rotatable bonds is 10. The number of fused-ring (bicyclic) bond motifs is 3. The van der Waals surface area contributed by atoms with Gasteiger partial charge in [-0.25, -0.2) is 4.79 Å². The fourth-order valence-corrected chi connectivity index (χ4v) is 6.06. The number of ketones is 2. The van der Waals surface area contributed by atoms with Crippen molar-refractivity contribution in [3.05, 3.63) is 102 Å². The summed E-state index contributed by atoms with van der Waals surface area (Å²) in [5.41, 5.74) is 2.99. The minimum absolute atomic E-state index is 0.0488. The van der Waals surface area contributed by atoms with Gasteiger partial charge in [-0.05, 0) is 68.8 Å². The lowest BCUT2D eigenvalue weighted by Crippen LogP contribution is -2.54. The van der Waals surface area contributed by atoms with E-state index in [2.05, 4.69) is 14.6 Å². The van der Waals surface area contributed by atoms with Crippen LogP contribution in [0, 0.1) is 0 Å². The average molecular weight is 634 g/mol. The third-order valence-electron chi connectivity index (χ3n) is 8.75. The third-order valence-corrected chi connectivity index (χ3v) is 8.75. The summed E-state index contributed by atoms with van der Waals surface area (Å²) in [6, 6.07) is 20.6. The van der Waals surface area contributed by atoms with E-state index in [-0.39, 0.29) is 17.1 Å². The number of aromatic nitrogens is 1. The van der Waals surface area contributed by atoms with Crippen molar-refractivity contribution >= 4 is 51.0 Å². The molecule has 47 heavy (non-hydrogen) atoms. The van der Waals surface area contributed by atoms with Crippen LogP contribution < -0.4 is 0 Å². The number of carbonyl (C=O) groups is 4. The first-order chi connectivity index (χ1) is 22.7. The Morgan fingerprint density at radius 2 is 1.60 bits per heavy atom. The van der Waals surface area contributed by atoms with Crippen LogP contribution in [-0.4, -0.2) is 77.6 Å². The Bertz CT molecular complexity index is 1980. The van der Waals surface area contributed by atoms with E-state index in [1.54, 1.807) is 42.5 Å². The second-order valence-electron chi connectivity index (χ2n) is 11.9. The van der Waals surface area contributed by atoms with Gasteiger partial charge in [0.2, 0.25) is 5.78 Å². The lowest BCUT2D eigenvalue weighted by molar-refractivity contribution is -0.141. The van der Waals surface area contributed by atoms with E-state index in [0.717, 1.165) is 27.5 Å². The smallest absolute Gasteiger partial charge is 0.362 e. The molecule has 3 aromatic carbocycles. The molecular weight excluding hydrogens is 598 g/mol. The Morgan fingerprint density at radius 1 is 0.894 bits per heavy atom. The SMILES string of the molecule is COC(=O)C/C(=N\OC(=O)C1=CC=CC1)C(=O)c1ccc(-n2c3ccccc3c3cc(C(=O)C(C)(C)N4CCOCC4)ccc32)cc1. The van der Waals surface area contributed by atoms with Crippen molar-refractivity contribution < 1.29 is 33.5 Å². The van der Waals surface area contributed by atoms with Crippen molar-refractivity contribution in [2.75, 3.05) is 33.4 Å². The fraction of sp³-hybridized carbons (Fsp3) is 0.270. The zero-order chi connectivity index (χ0) is 33.1. The van der Waals surface area contributed by atoms with Crippen LogP contribution >= 0.6 is 0 Å². The molecule has 0 saturated carbocycles. The standard InChI is InChI=1S/C37H35N3O7/c1-37(2,39-18-20-46-21-19-39)35(43)26-14-17-32-29(22-26)28-10-6-7-11-31(28)40(32)27-15-12-24(13-16-27)34(42)30(23-33(41)45-3)38-47-36(44)25-8-4-5-9-25/h4-8,10-17,22H,9,18-21,23H2,1-3H3/b38-30+. The van der Waals surface area contributed by atoms with Crippen LogP contribution in [0.1, 0.15) is 47.4 Å². The first-order valence-electron chi connectivity index (χ1n) is 15.5. The molecule has 1 aliphatic carbocycles. The Labute approximate surface area is 271 Å². The number of ether oxygens (including phenoxy) is 2. The van der Waals surface area contributed by atoms with Crippen molar-refractivity contribution in [2.24, 2.45) is 5.16 Å². The summed E-state index contributed by atoms with van der Waals surface area (Å²) in [5, 5.41) is 5.69. The second kappa shape index (κ2) is 13.3. The molecule has 10 heteroatoms. The van der Waals surface area contributed by atoms with E-state index in [4.69, 9.17) is 14.3 Å². The van der Waals surface area contributed by atoms with Gasteiger partial charge in [-0.15, -0.1) is 0 Å². The number of esters is 1. The normalized spacial score (nSPS) is 15.6. The summed E-state index contributed by atoms with van der Waals surface area (Å²) in [6.45, 7) is 6.56. The molecule has 2 heterocycles. The molecule has 0 N–H and O–H groups in total. The van der Waals surface area contributed by atoms with Crippen LogP contribution in [-0.2, 0) is 23.9 Å². The maximum atomic E-state index is 13.8. The van der Waals surface area contributed by atoms with E-state index in [9.17, 15) is 19.2 Å². The van der Waals surface area contributed by atoms with Gasteiger partial charge in [-0.1, -0.05) is 41.6 Å². The van der Waals surface area contributed by atoms with E-state index in [1.165, 1.54) is 7.11 Å². The van der Waals surface area contributed by atoms with Crippen molar-refractivity contribution in [3.8, 4) is 5.69 Å². The number of oxime groups is 1. The molecule has 2 aliphatic rings. The first-order valence-corrected chi connectivity index (χ1v) is 15.5. The highest BCUT2D eigenvalue weighted by atomic mass is 16.7. The number of benzene rings is 3. The van der Waals surface area contributed by atoms with Crippen molar-refractivity contribution in [2.45, 2.75) is 32.2 Å². The van der Waals surface area contributed by atoms with Gasteiger partial charge in [0.25, 0.3) is 0 Å². The van der Waals surface area contributed by atoms with Gasteiger partial charge in [-0.3, -0.25) is 19.3 Å². The zero-order valence-corrected chi connectivity index (χ0v) is 26.5. The molecule has 1 aliphatic heterocycles. The summed E-state index contributed by atoms with van der Waals surface area (Å²) >= 11 is 0. The Morgan fingerprint density at radius 3 is 2.30 bits per heavy atom. The van der Waals surface area contributed by atoms with Gasteiger partial charge < -0.3 is 18.9 Å². The van der Waals surface area contributed by atoms with E-state index in [0.29, 0.717) is 43.9 Å². The quantitative estimate of drug-likeness (QED) is 0.0728.